The van der Waals surface area contributed by atoms with Gasteiger partial charge in [0.2, 0.25) is 11.8 Å². The van der Waals surface area contributed by atoms with Gasteiger partial charge < -0.3 is 15.0 Å². The lowest BCUT2D eigenvalue weighted by atomic mass is 10.0. The van der Waals surface area contributed by atoms with Crippen molar-refractivity contribution in [3.05, 3.63) is 0 Å². The molecule has 2 aliphatic heterocycles. The van der Waals surface area contributed by atoms with E-state index in [-0.39, 0.29) is 24.9 Å². The SMILES string of the molecule is O=C1CN(CC2CCCOC2)C(=O)CN1. The molecule has 1 atom stereocenters. The molecule has 5 heteroatoms. The van der Waals surface area contributed by atoms with Crippen LogP contribution < -0.4 is 5.32 Å². The number of hydrogen-bond acceptors (Lipinski definition) is 3. The van der Waals surface area contributed by atoms with E-state index in [0.29, 0.717) is 19.1 Å². The smallest absolute Gasteiger partial charge is 0.242 e. The van der Waals surface area contributed by atoms with Crippen LogP contribution in [0, 0.1) is 5.92 Å². The molecule has 0 aromatic heterocycles. The highest BCUT2D eigenvalue weighted by atomic mass is 16.5. The van der Waals surface area contributed by atoms with Crippen molar-refractivity contribution in [2.24, 2.45) is 5.92 Å². The van der Waals surface area contributed by atoms with Gasteiger partial charge in [-0.25, -0.2) is 0 Å². The van der Waals surface area contributed by atoms with Crippen LogP contribution in [0.15, 0.2) is 0 Å². The van der Waals surface area contributed by atoms with Crippen molar-refractivity contribution in [2.45, 2.75) is 12.8 Å². The molecule has 84 valence electrons. The van der Waals surface area contributed by atoms with E-state index in [9.17, 15) is 9.59 Å². The number of piperazine rings is 1. The highest BCUT2D eigenvalue weighted by Crippen LogP contribution is 2.15. The van der Waals surface area contributed by atoms with E-state index < -0.39 is 0 Å². The Balaban J connectivity index is 1.85. The maximum absolute atomic E-state index is 11.5. The molecular formula is C10H16N2O3. The van der Waals surface area contributed by atoms with Crippen molar-refractivity contribution >= 4 is 11.8 Å². The molecule has 0 aromatic carbocycles. The van der Waals surface area contributed by atoms with Crippen LogP contribution >= 0.6 is 0 Å². The van der Waals surface area contributed by atoms with Gasteiger partial charge in [0, 0.05) is 13.2 Å². The molecule has 15 heavy (non-hydrogen) atoms. The summed E-state index contributed by atoms with van der Waals surface area (Å²) in [6.07, 6.45) is 2.14. The van der Waals surface area contributed by atoms with Gasteiger partial charge in [-0.1, -0.05) is 0 Å². The number of rotatable bonds is 2. The Hall–Kier alpha value is -1.10. The van der Waals surface area contributed by atoms with Crippen LogP contribution in [-0.4, -0.2) is 49.6 Å². The molecule has 2 amide bonds. The topological polar surface area (TPSA) is 58.6 Å². The quantitative estimate of drug-likeness (QED) is 0.663. The van der Waals surface area contributed by atoms with Gasteiger partial charge in [-0.2, -0.15) is 0 Å². The largest absolute Gasteiger partial charge is 0.381 e. The van der Waals surface area contributed by atoms with Crippen LogP contribution in [0.1, 0.15) is 12.8 Å². The Morgan fingerprint density at radius 1 is 1.47 bits per heavy atom. The zero-order valence-corrected chi connectivity index (χ0v) is 8.70. The Bertz CT molecular complexity index is 261. The summed E-state index contributed by atoms with van der Waals surface area (Å²) in [6.45, 7) is 2.55. The minimum atomic E-state index is -0.0636. The van der Waals surface area contributed by atoms with Crippen molar-refractivity contribution in [3.8, 4) is 0 Å². The van der Waals surface area contributed by atoms with Gasteiger partial charge in [-0.05, 0) is 18.8 Å². The van der Waals surface area contributed by atoms with Crippen molar-refractivity contribution in [1.82, 2.24) is 10.2 Å². The predicted octanol–water partition coefficient (Wildman–Crippen LogP) is -0.629. The van der Waals surface area contributed by atoms with Gasteiger partial charge in [0.05, 0.1) is 19.7 Å². The highest BCUT2D eigenvalue weighted by Gasteiger charge is 2.26. The van der Waals surface area contributed by atoms with Gasteiger partial charge in [0.1, 0.15) is 0 Å². The number of nitrogens with one attached hydrogen (secondary N) is 1. The monoisotopic (exact) mass is 212 g/mol. The second-order valence-corrected chi connectivity index (χ2v) is 4.13. The van der Waals surface area contributed by atoms with Crippen LogP contribution in [0.3, 0.4) is 0 Å². The molecule has 1 unspecified atom stereocenters. The first-order valence-corrected chi connectivity index (χ1v) is 5.38. The lowest BCUT2D eigenvalue weighted by Gasteiger charge is -2.31. The molecule has 0 aromatic rings. The van der Waals surface area contributed by atoms with E-state index in [1.165, 1.54) is 0 Å². The van der Waals surface area contributed by atoms with Crippen molar-refractivity contribution in [3.63, 3.8) is 0 Å². The summed E-state index contributed by atoms with van der Waals surface area (Å²) >= 11 is 0. The van der Waals surface area contributed by atoms with Gasteiger partial charge in [0.25, 0.3) is 0 Å². The average molecular weight is 212 g/mol. The third-order valence-electron chi connectivity index (χ3n) is 2.86. The van der Waals surface area contributed by atoms with Gasteiger partial charge in [-0.15, -0.1) is 0 Å². The van der Waals surface area contributed by atoms with Crippen molar-refractivity contribution in [2.75, 3.05) is 32.8 Å². The van der Waals surface area contributed by atoms with E-state index in [4.69, 9.17) is 4.74 Å². The molecule has 0 radical (unpaired) electrons. The first-order chi connectivity index (χ1) is 7.25. The van der Waals surface area contributed by atoms with Gasteiger partial charge >= 0.3 is 0 Å². The van der Waals surface area contributed by atoms with Crippen LogP contribution in [0.25, 0.3) is 0 Å². The molecular weight excluding hydrogens is 196 g/mol. The molecule has 2 heterocycles. The Morgan fingerprint density at radius 2 is 2.33 bits per heavy atom. The third kappa shape index (κ3) is 2.68. The number of carbonyl (C=O) groups excluding carboxylic acids is 2. The summed E-state index contributed by atoms with van der Waals surface area (Å²) in [5.41, 5.74) is 0. The Morgan fingerprint density at radius 3 is 3.07 bits per heavy atom. The minimum absolute atomic E-state index is 0.0140. The number of ether oxygens (including phenoxy) is 1. The van der Waals surface area contributed by atoms with Crippen LogP contribution in [0.5, 0.6) is 0 Å². The lowest BCUT2D eigenvalue weighted by molar-refractivity contribution is -0.141. The summed E-state index contributed by atoms with van der Waals surface area (Å²) < 4.78 is 5.35. The molecule has 0 spiro atoms. The fraction of sp³-hybridized carbons (Fsp3) is 0.800. The molecule has 0 saturated carbocycles. The first kappa shape index (κ1) is 10.4. The van der Waals surface area contributed by atoms with Crippen LogP contribution in [0.2, 0.25) is 0 Å². The highest BCUT2D eigenvalue weighted by molar-refractivity contribution is 5.92. The van der Waals surface area contributed by atoms with Crippen molar-refractivity contribution in [1.29, 1.82) is 0 Å². The fourth-order valence-electron chi connectivity index (χ4n) is 2.03. The zero-order valence-electron chi connectivity index (χ0n) is 8.70. The zero-order chi connectivity index (χ0) is 10.7. The van der Waals surface area contributed by atoms with E-state index in [0.717, 1.165) is 19.4 Å². The normalized spacial score (nSPS) is 27.7. The number of hydrogen-bond donors (Lipinski definition) is 1. The molecule has 1 N–H and O–H groups in total. The summed E-state index contributed by atoms with van der Waals surface area (Å²) in [5.74, 6) is 0.347. The maximum atomic E-state index is 11.5. The summed E-state index contributed by atoms with van der Waals surface area (Å²) in [5, 5.41) is 2.54. The Kier molecular flexibility index (Phi) is 3.20. The minimum Gasteiger partial charge on any atom is -0.381 e. The van der Waals surface area contributed by atoms with E-state index in [2.05, 4.69) is 5.32 Å². The van der Waals surface area contributed by atoms with Crippen LogP contribution in [0.4, 0.5) is 0 Å². The summed E-state index contributed by atoms with van der Waals surface area (Å²) in [4.78, 5) is 24.2. The standard InChI is InChI=1S/C10H16N2O3/c13-9-6-12(10(14)4-11-9)5-8-2-1-3-15-7-8/h8H,1-7H2,(H,11,13). The van der Waals surface area contributed by atoms with E-state index in [1.807, 2.05) is 0 Å². The van der Waals surface area contributed by atoms with Crippen LogP contribution in [-0.2, 0) is 14.3 Å². The van der Waals surface area contributed by atoms with Gasteiger partial charge in [0.15, 0.2) is 0 Å². The second-order valence-electron chi connectivity index (χ2n) is 4.13. The molecule has 0 aliphatic carbocycles. The van der Waals surface area contributed by atoms with E-state index >= 15 is 0 Å². The third-order valence-corrected chi connectivity index (χ3v) is 2.86. The summed E-state index contributed by atoms with van der Waals surface area (Å²) in [7, 11) is 0. The maximum Gasteiger partial charge on any atom is 0.242 e. The van der Waals surface area contributed by atoms with Gasteiger partial charge in [-0.3, -0.25) is 9.59 Å². The summed E-state index contributed by atoms with van der Waals surface area (Å²) in [6, 6.07) is 0. The molecule has 2 saturated heterocycles. The predicted molar refractivity (Wildman–Crippen MR) is 53.1 cm³/mol. The molecule has 2 aliphatic rings. The number of carbonyl (C=O) groups is 2. The average Bonchev–Trinajstić information content (AvgIpc) is 2.25. The molecule has 0 bridgehead atoms. The molecule has 2 fully saturated rings. The first-order valence-electron chi connectivity index (χ1n) is 5.38. The Labute approximate surface area is 88.8 Å². The fourth-order valence-corrected chi connectivity index (χ4v) is 2.03. The second kappa shape index (κ2) is 4.61. The van der Waals surface area contributed by atoms with E-state index in [1.54, 1.807) is 4.90 Å². The lowest BCUT2D eigenvalue weighted by Crippen LogP contribution is -2.53. The molecule has 2 rings (SSSR count). The molecule has 5 nitrogen and oxygen atoms in total. The number of nitrogens with zero attached hydrogens (tertiary/aromatic N) is 1. The van der Waals surface area contributed by atoms with Crippen molar-refractivity contribution < 1.29 is 14.3 Å². The number of amides is 2.